The molecule has 0 spiro atoms. The Kier molecular flexibility index (Phi) is 5.62. The Morgan fingerprint density at radius 2 is 1.70 bits per heavy atom. The normalized spacial score (nSPS) is 21.6. The van der Waals surface area contributed by atoms with Crippen LogP contribution in [0.4, 0.5) is 0 Å². The fourth-order valence-corrected chi connectivity index (χ4v) is 3.96. The van der Waals surface area contributed by atoms with Gasteiger partial charge in [-0.2, -0.15) is 0 Å². The largest absolute Gasteiger partial charge is 0.400 e. The summed E-state index contributed by atoms with van der Waals surface area (Å²) in [7, 11) is 4.72. The summed E-state index contributed by atoms with van der Waals surface area (Å²) in [6, 6.07) is 0. The van der Waals surface area contributed by atoms with E-state index in [4.69, 9.17) is 10.2 Å². The molecule has 1 rings (SSSR count). The van der Waals surface area contributed by atoms with Crippen LogP contribution in [0.15, 0.2) is 0 Å². The van der Waals surface area contributed by atoms with Crippen molar-refractivity contribution in [3.8, 4) is 0 Å². The Labute approximate surface area is 69.8 Å². The van der Waals surface area contributed by atoms with E-state index in [1.54, 1.807) is 0 Å². The Morgan fingerprint density at radius 3 is 1.90 bits per heavy atom. The van der Waals surface area contributed by atoms with Gasteiger partial charge >= 0.3 is 0 Å². The maximum atomic E-state index is 8.80. The van der Waals surface area contributed by atoms with Gasteiger partial charge in [0.25, 0.3) is 0 Å². The molecule has 1 heterocycles. The number of rotatable bonds is 1. The average molecular weight is 182 g/mol. The Balaban J connectivity index is 0.000000371. The second kappa shape index (κ2) is 5.29. The molecule has 2 N–H and O–H groups in total. The standard InChI is InChI=1S/C5H10OS2.CH4O/c1-5(2-6)3-7-8-4-5;1-2/h6H,2-4H2,1H3;2H,1H3. The molecule has 0 aromatic heterocycles. The Bertz CT molecular complexity index is 81.8. The number of aliphatic hydroxyl groups is 2. The molecule has 1 saturated heterocycles. The SMILES string of the molecule is CC1(CO)CSSC1.CO. The predicted octanol–water partition coefficient (Wildman–Crippen LogP) is 0.988. The molecule has 0 unspecified atom stereocenters. The minimum absolute atomic E-state index is 0.218. The highest BCUT2D eigenvalue weighted by Crippen LogP contribution is 2.42. The molecule has 0 radical (unpaired) electrons. The fourth-order valence-electron chi connectivity index (χ4n) is 0.501. The van der Waals surface area contributed by atoms with E-state index in [-0.39, 0.29) is 5.41 Å². The van der Waals surface area contributed by atoms with E-state index in [1.807, 2.05) is 21.6 Å². The number of hydrogen-bond donors (Lipinski definition) is 2. The van der Waals surface area contributed by atoms with Crippen molar-refractivity contribution >= 4 is 21.6 Å². The molecule has 0 atom stereocenters. The van der Waals surface area contributed by atoms with Gasteiger partial charge in [-0.05, 0) is 0 Å². The van der Waals surface area contributed by atoms with Crippen molar-refractivity contribution in [2.45, 2.75) is 6.92 Å². The molecular formula is C6H14O2S2. The number of hydrogen-bond acceptors (Lipinski definition) is 4. The van der Waals surface area contributed by atoms with Gasteiger partial charge in [-0.1, -0.05) is 28.5 Å². The van der Waals surface area contributed by atoms with Gasteiger partial charge in [0.2, 0.25) is 0 Å². The first-order chi connectivity index (χ1) is 4.77. The summed E-state index contributed by atoms with van der Waals surface area (Å²) in [6.45, 7) is 2.47. The molecule has 10 heavy (non-hydrogen) atoms. The van der Waals surface area contributed by atoms with Gasteiger partial charge in [-0.25, -0.2) is 0 Å². The maximum Gasteiger partial charge on any atom is 0.0501 e. The van der Waals surface area contributed by atoms with Gasteiger partial charge in [0.05, 0.1) is 6.61 Å². The first-order valence-electron chi connectivity index (χ1n) is 3.07. The quantitative estimate of drug-likeness (QED) is 0.593. The summed E-state index contributed by atoms with van der Waals surface area (Å²) < 4.78 is 0. The van der Waals surface area contributed by atoms with Crippen molar-refractivity contribution in [2.75, 3.05) is 25.2 Å². The monoisotopic (exact) mass is 182 g/mol. The van der Waals surface area contributed by atoms with Crippen molar-refractivity contribution in [1.82, 2.24) is 0 Å². The van der Waals surface area contributed by atoms with E-state index >= 15 is 0 Å². The van der Waals surface area contributed by atoms with Gasteiger partial charge in [0.15, 0.2) is 0 Å². The predicted molar refractivity (Wildman–Crippen MR) is 48.3 cm³/mol. The zero-order valence-corrected chi connectivity index (χ0v) is 7.97. The minimum Gasteiger partial charge on any atom is -0.400 e. The highest BCUT2D eigenvalue weighted by Gasteiger charge is 2.28. The summed E-state index contributed by atoms with van der Waals surface area (Å²) in [5, 5.41) is 15.8. The molecule has 2 nitrogen and oxygen atoms in total. The van der Waals surface area contributed by atoms with Gasteiger partial charge in [0.1, 0.15) is 0 Å². The van der Waals surface area contributed by atoms with E-state index in [0.29, 0.717) is 6.61 Å². The lowest BCUT2D eigenvalue weighted by Gasteiger charge is -2.16. The molecule has 4 heteroatoms. The van der Waals surface area contributed by atoms with Crippen LogP contribution in [0.25, 0.3) is 0 Å². The summed E-state index contributed by atoms with van der Waals surface area (Å²) >= 11 is 0. The molecule has 1 aliphatic heterocycles. The van der Waals surface area contributed by atoms with Crippen LogP contribution in [0.5, 0.6) is 0 Å². The molecule has 0 aromatic carbocycles. The van der Waals surface area contributed by atoms with Gasteiger partial charge in [0, 0.05) is 24.0 Å². The van der Waals surface area contributed by atoms with E-state index in [0.717, 1.165) is 18.6 Å². The third kappa shape index (κ3) is 3.14. The van der Waals surface area contributed by atoms with Crippen LogP contribution in [0.1, 0.15) is 6.92 Å². The highest BCUT2D eigenvalue weighted by molar-refractivity contribution is 8.77. The molecule has 0 aromatic rings. The molecule has 0 aliphatic carbocycles. The Hall–Kier alpha value is 0.620. The van der Waals surface area contributed by atoms with Crippen molar-refractivity contribution in [3.05, 3.63) is 0 Å². The molecule has 62 valence electrons. The molecule has 0 saturated carbocycles. The highest BCUT2D eigenvalue weighted by atomic mass is 33.1. The first-order valence-corrected chi connectivity index (χ1v) is 5.56. The summed E-state index contributed by atoms with van der Waals surface area (Å²) in [5.74, 6) is 2.21. The summed E-state index contributed by atoms with van der Waals surface area (Å²) in [5.41, 5.74) is 0.218. The Morgan fingerprint density at radius 1 is 1.30 bits per heavy atom. The zero-order valence-electron chi connectivity index (χ0n) is 6.33. The van der Waals surface area contributed by atoms with Crippen LogP contribution >= 0.6 is 21.6 Å². The summed E-state index contributed by atoms with van der Waals surface area (Å²) in [4.78, 5) is 0. The summed E-state index contributed by atoms with van der Waals surface area (Å²) in [6.07, 6.45) is 0. The van der Waals surface area contributed by atoms with E-state index in [2.05, 4.69) is 6.92 Å². The van der Waals surface area contributed by atoms with Gasteiger partial charge in [-0.3, -0.25) is 0 Å². The van der Waals surface area contributed by atoms with Crippen molar-refractivity contribution in [2.24, 2.45) is 5.41 Å². The molecule has 1 aliphatic rings. The molecule has 0 amide bonds. The topological polar surface area (TPSA) is 40.5 Å². The van der Waals surface area contributed by atoms with Crippen LogP contribution in [-0.2, 0) is 0 Å². The third-order valence-corrected chi connectivity index (χ3v) is 4.28. The minimum atomic E-state index is 0.218. The number of aliphatic hydroxyl groups excluding tert-OH is 2. The van der Waals surface area contributed by atoms with E-state index < -0.39 is 0 Å². The van der Waals surface area contributed by atoms with Crippen LogP contribution < -0.4 is 0 Å². The van der Waals surface area contributed by atoms with Crippen LogP contribution in [0, 0.1) is 5.41 Å². The lowest BCUT2D eigenvalue weighted by molar-refractivity contribution is 0.186. The van der Waals surface area contributed by atoms with Crippen molar-refractivity contribution < 1.29 is 10.2 Å². The molecular weight excluding hydrogens is 168 g/mol. The van der Waals surface area contributed by atoms with E-state index in [9.17, 15) is 0 Å². The van der Waals surface area contributed by atoms with Crippen molar-refractivity contribution in [1.29, 1.82) is 0 Å². The van der Waals surface area contributed by atoms with E-state index in [1.165, 1.54) is 0 Å². The van der Waals surface area contributed by atoms with Gasteiger partial charge < -0.3 is 10.2 Å². The van der Waals surface area contributed by atoms with Crippen LogP contribution in [0.3, 0.4) is 0 Å². The average Bonchev–Trinajstić information content (AvgIpc) is 2.42. The smallest absolute Gasteiger partial charge is 0.0501 e. The fraction of sp³-hybridized carbons (Fsp3) is 1.00. The third-order valence-electron chi connectivity index (χ3n) is 1.28. The molecule has 0 bridgehead atoms. The lowest BCUT2D eigenvalue weighted by atomic mass is 9.98. The maximum absolute atomic E-state index is 8.80. The lowest BCUT2D eigenvalue weighted by Crippen LogP contribution is -2.22. The van der Waals surface area contributed by atoms with Crippen molar-refractivity contribution in [3.63, 3.8) is 0 Å². The van der Waals surface area contributed by atoms with Crippen LogP contribution in [-0.4, -0.2) is 35.4 Å². The first kappa shape index (κ1) is 10.6. The zero-order chi connectivity index (χ0) is 8.04. The second-order valence-corrected chi connectivity index (χ2v) is 4.96. The van der Waals surface area contributed by atoms with Gasteiger partial charge in [-0.15, -0.1) is 0 Å². The second-order valence-electron chi connectivity index (χ2n) is 2.49. The molecule has 1 fully saturated rings. The van der Waals surface area contributed by atoms with Crippen LogP contribution in [0.2, 0.25) is 0 Å².